The standard InChI is InChI=1S/C20H35BN2O4Si/c1-19(2)20(3,4)27-21(26-19)17-8-9-25-18(12-17)16-13-22-23(14-16)15-24-10-11-28(5,6)7/h12-14,18H,8-11,15H2,1-7H3. The minimum Gasteiger partial charge on any atom is -0.400 e. The molecule has 0 amide bonds. The first-order valence-corrected chi connectivity index (χ1v) is 14.0. The first-order valence-electron chi connectivity index (χ1n) is 10.2. The van der Waals surface area contributed by atoms with Crippen LogP contribution in [0.2, 0.25) is 25.7 Å². The second-order valence-corrected chi connectivity index (χ2v) is 15.7. The quantitative estimate of drug-likeness (QED) is 0.502. The Morgan fingerprint density at radius 2 is 1.89 bits per heavy atom. The third kappa shape index (κ3) is 5.16. The van der Waals surface area contributed by atoms with Gasteiger partial charge in [0.15, 0.2) is 0 Å². The summed E-state index contributed by atoms with van der Waals surface area (Å²) in [4.78, 5) is 0. The Bertz CT molecular complexity index is 695. The Hall–Kier alpha value is -0.928. The molecule has 156 valence electrons. The number of rotatable bonds is 7. The van der Waals surface area contributed by atoms with Crippen LogP contribution in [0.5, 0.6) is 0 Å². The SMILES string of the molecule is CC1(C)OB(C2=CC(c3cnn(COCC[Si](C)(C)C)c3)OCC2)OC1(C)C. The van der Waals surface area contributed by atoms with E-state index in [1.54, 1.807) is 0 Å². The van der Waals surface area contributed by atoms with Gasteiger partial charge in [-0.3, -0.25) is 0 Å². The van der Waals surface area contributed by atoms with Crippen molar-refractivity contribution < 1.29 is 18.8 Å². The molecule has 8 heteroatoms. The third-order valence-electron chi connectivity index (χ3n) is 5.81. The van der Waals surface area contributed by atoms with Crippen LogP contribution in [0.1, 0.15) is 45.8 Å². The molecule has 0 radical (unpaired) electrons. The zero-order valence-corrected chi connectivity index (χ0v) is 19.4. The van der Waals surface area contributed by atoms with Crippen LogP contribution in [0.4, 0.5) is 0 Å². The summed E-state index contributed by atoms with van der Waals surface area (Å²) in [6, 6.07) is 1.16. The second-order valence-electron chi connectivity index (χ2n) is 10.0. The van der Waals surface area contributed by atoms with E-state index < -0.39 is 8.07 Å². The molecule has 3 rings (SSSR count). The van der Waals surface area contributed by atoms with Gasteiger partial charge in [0.2, 0.25) is 0 Å². The molecule has 0 bridgehead atoms. The Labute approximate surface area is 170 Å². The number of hydrogen-bond donors (Lipinski definition) is 0. The van der Waals surface area contributed by atoms with Crippen LogP contribution in [0.15, 0.2) is 23.9 Å². The second kappa shape index (κ2) is 8.07. The highest BCUT2D eigenvalue weighted by molar-refractivity contribution is 6.76. The molecule has 1 fully saturated rings. The fourth-order valence-electron chi connectivity index (χ4n) is 3.15. The average molecular weight is 406 g/mol. The highest BCUT2D eigenvalue weighted by Crippen LogP contribution is 2.40. The van der Waals surface area contributed by atoms with Crippen molar-refractivity contribution in [3.63, 3.8) is 0 Å². The summed E-state index contributed by atoms with van der Waals surface area (Å²) in [7, 11) is -1.37. The van der Waals surface area contributed by atoms with Gasteiger partial charge >= 0.3 is 7.12 Å². The lowest BCUT2D eigenvalue weighted by atomic mass is 9.74. The monoisotopic (exact) mass is 406 g/mol. The van der Waals surface area contributed by atoms with Crippen molar-refractivity contribution in [2.75, 3.05) is 13.2 Å². The lowest BCUT2D eigenvalue weighted by Gasteiger charge is -2.32. The maximum atomic E-state index is 6.20. The third-order valence-corrected chi connectivity index (χ3v) is 7.52. The van der Waals surface area contributed by atoms with Crippen LogP contribution >= 0.6 is 0 Å². The van der Waals surface area contributed by atoms with Gasteiger partial charge in [-0.1, -0.05) is 25.7 Å². The minimum atomic E-state index is -1.06. The summed E-state index contributed by atoms with van der Waals surface area (Å²) in [6.45, 7) is 17.3. The lowest BCUT2D eigenvalue weighted by molar-refractivity contribution is 0.00578. The summed E-state index contributed by atoms with van der Waals surface area (Å²) in [6.07, 6.45) is 6.68. The molecule has 2 aliphatic heterocycles. The Balaban J connectivity index is 1.60. The summed E-state index contributed by atoms with van der Waals surface area (Å²) in [5.41, 5.74) is 1.52. The first kappa shape index (κ1) is 21.8. The van der Waals surface area contributed by atoms with Gasteiger partial charge in [0, 0.05) is 26.4 Å². The summed E-state index contributed by atoms with van der Waals surface area (Å²) in [5.74, 6) is 0. The van der Waals surface area contributed by atoms with Gasteiger partial charge in [-0.2, -0.15) is 5.10 Å². The molecular formula is C20H35BN2O4Si. The fourth-order valence-corrected chi connectivity index (χ4v) is 3.90. The van der Waals surface area contributed by atoms with E-state index in [-0.39, 0.29) is 24.4 Å². The van der Waals surface area contributed by atoms with Crippen LogP contribution in [-0.2, 0) is 25.5 Å². The molecule has 1 atom stereocenters. The van der Waals surface area contributed by atoms with E-state index in [9.17, 15) is 0 Å². The zero-order chi connectivity index (χ0) is 20.6. The molecular weight excluding hydrogens is 371 g/mol. The molecule has 6 nitrogen and oxygen atoms in total. The first-order chi connectivity index (χ1) is 13.0. The molecule has 0 aliphatic carbocycles. The van der Waals surface area contributed by atoms with Crippen molar-refractivity contribution >= 4 is 15.2 Å². The van der Waals surface area contributed by atoms with Gasteiger partial charge in [-0.25, -0.2) is 4.68 Å². The lowest BCUT2D eigenvalue weighted by Crippen LogP contribution is -2.41. The molecule has 2 aliphatic rings. The fraction of sp³-hybridized carbons (Fsp3) is 0.750. The smallest absolute Gasteiger partial charge is 0.400 e. The minimum absolute atomic E-state index is 0.126. The van der Waals surface area contributed by atoms with E-state index in [0.29, 0.717) is 13.3 Å². The van der Waals surface area contributed by atoms with Crippen LogP contribution in [0.3, 0.4) is 0 Å². The Morgan fingerprint density at radius 1 is 1.21 bits per heavy atom. The van der Waals surface area contributed by atoms with Crippen LogP contribution in [0, 0.1) is 0 Å². The number of ether oxygens (including phenoxy) is 2. The Morgan fingerprint density at radius 3 is 2.54 bits per heavy atom. The van der Waals surface area contributed by atoms with E-state index in [0.717, 1.165) is 30.1 Å². The van der Waals surface area contributed by atoms with Crippen LogP contribution in [0.25, 0.3) is 0 Å². The van der Waals surface area contributed by atoms with Gasteiger partial charge in [0.05, 0.1) is 24.0 Å². The van der Waals surface area contributed by atoms with Gasteiger partial charge in [0.25, 0.3) is 0 Å². The summed E-state index contributed by atoms with van der Waals surface area (Å²) >= 11 is 0. The average Bonchev–Trinajstić information content (AvgIpc) is 3.13. The van der Waals surface area contributed by atoms with Crippen molar-refractivity contribution in [1.29, 1.82) is 0 Å². The molecule has 28 heavy (non-hydrogen) atoms. The van der Waals surface area contributed by atoms with Gasteiger partial charge < -0.3 is 18.8 Å². The molecule has 1 aromatic rings. The predicted octanol–water partition coefficient (Wildman–Crippen LogP) is 4.21. The molecule has 0 N–H and O–H groups in total. The predicted molar refractivity (Wildman–Crippen MR) is 114 cm³/mol. The normalized spacial score (nSPS) is 24.5. The zero-order valence-electron chi connectivity index (χ0n) is 18.4. The molecule has 1 saturated heterocycles. The van der Waals surface area contributed by atoms with Crippen molar-refractivity contribution in [3.8, 4) is 0 Å². The highest BCUT2D eigenvalue weighted by atomic mass is 28.3. The number of hydrogen-bond acceptors (Lipinski definition) is 5. The number of nitrogens with zero attached hydrogens (tertiary/aromatic N) is 2. The van der Waals surface area contributed by atoms with E-state index in [1.807, 2.05) is 17.1 Å². The van der Waals surface area contributed by atoms with E-state index in [4.69, 9.17) is 18.8 Å². The van der Waals surface area contributed by atoms with Crippen LogP contribution in [-0.4, -0.2) is 49.4 Å². The molecule has 0 spiro atoms. The van der Waals surface area contributed by atoms with Gasteiger partial charge in [-0.05, 0) is 45.6 Å². The van der Waals surface area contributed by atoms with Crippen molar-refractivity contribution in [1.82, 2.24) is 9.78 Å². The highest BCUT2D eigenvalue weighted by Gasteiger charge is 2.52. The molecule has 0 saturated carbocycles. The largest absolute Gasteiger partial charge is 0.490 e. The molecule has 1 unspecified atom stereocenters. The number of aromatic nitrogens is 2. The van der Waals surface area contributed by atoms with E-state index >= 15 is 0 Å². The Kier molecular flexibility index (Phi) is 6.27. The molecule has 1 aromatic heterocycles. The van der Waals surface area contributed by atoms with Gasteiger partial charge in [0.1, 0.15) is 12.8 Å². The van der Waals surface area contributed by atoms with Crippen molar-refractivity contribution in [3.05, 3.63) is 29.5 Å². The van der Waals surface area contributed by atoms with E-state index in [1.165, 1.54) is 0 Å². The molecule has 3 heterocycles. The van der Waals surface area contributed by atoms with Crippen LogP contribution < -0.4 is 0 Å². The summed E-state index contributed by atoms with van der Waals surface area (Å²) in [5, 5.41) is 4.43. The maximum absolute atomic E-state index is 6.20. The van der Waals surface area contributed by atoms with Crippen molar-refractivity contribution in [2.45, 2.75) is 83.8 Å². The van der Waals surface area contributed by atoms with E-state index in [2.05, 4.69) is 58.5 Å². The van der Waals surface area contributed by atoms with Crippen molar-refractivity contribution in [2.24, 2.45) is 0 Å². The summed E-state index contributed by atoms with van der Waals surface area (Å²) < 4.78 is 26.0. The molecule has 0 aromatic carbocycles. The van der Waals surface area contributed by atoms with Gasteiger partial charge in [-0.15, -0.1) is 0 Å². The topological polar surface area (TPSA) is 54.7 Å². The maximum Gasteiger partial charge on any atom is 0.490 e.